The number of nitrogens with one attached hydrogen (secondary N) is 1. The summed E-state index contributed by atoms with van der Waals surface area (Å²) in [5, 5.41) is 3.34. The van der Waals surface area contributed by atoms with E-state index in [0.29, 0.717) is 17.2 Å². The Kier molecular flexibility index (Phi) is 5.49. The van der Waals surface area contributed by atoms with Crippen molar-refractivity contribution in [3.05, 3.63) is 40.5 Å². The molecule has 0 aliphatic rings. The molecule has 0 amide bonds. The van der Waals surface area contributed by atoms with Crippen LogP contribution in [-0.2, 0) is 0 Å². The molecule has 0 radical (unpaired) electrons. The number of hydrogen-bond donors (Lipinski definition) is 1. The van der Waals surface area contributed by atoms with Crippen molar-refractivity contribution in [3.63, 3.8) is 0 Å². The fourth-order valence-electron chi connectivity index (χ4n) is 2.12. The third-order valence-corrected chi connectivity index (χ3v) is 3.75. The van der Waals surface area contributed by atoms with Crippen LogP contribution in [0.3, 0.4) is 0 Å². The highest BCUT2D eigenvalue weighted by atomic mass is 79.9. The molecule has 0 aliphatic heterocycles. The van der Waals surface area contributed by atoms with Gasteiger partial charge >= 0.3 is 0 Å². The summed E-state index contributed by atoms with van der Waals surface area (Å²) in [5.41, 5.74) is 1.01. The van der Waals surface area contributed by atoms with Gasteiger partial charge in [0.25, 0.3) is 0 Å². The van der Waals surface area contributed by atoms with E-state index in [1.807, 2.05) is 31.2 Å². The van der Waals surface area contributed by atoms with Crippen molar-refractivity contribution in [2.75, 3.05) is 26.6 Å². The minimum atomic E-state index is 0.0300. The standard InChI is InChI=1S/C16H19BrN2O3/c1-10(19-15-6-5-12(17)9-18-15)11-7-13(20-2)16(22-4)14(8-11)21-3/h5-10H,1-4H3,(H,18,19). The minimum absolute atomic E-state index is 0.0300. The van der Waals surface area contributed by atoms with Crippen LogP contribution in [0.5, 0.6) is 17.2 Å². The molecule has 0 spiro atoms. The van der Waals surface area contributed by atoms with Gasteiger partial charge in [-0.25, -0.2) is 4.98 Å². The van der Waals surface area contributed by atoms with Crippen LogP contribution in [0.25, 0.3) is 0 Å². The van der Waals surface area contributed by atoms with Gasteiger partial charge in [-0.15, -0.1) is 0 Å². The maximum Gasteiger partial charge on any atom is 0.203 e. The molecule has 0 fully saturated rings. The van der Waals surface area contributed by atoms with Crippen molar-refractivity contribution in [3.8, 4) is 17.2 Å². The lowest BCUT2D eigenvalue weighted by atomic mass is 10.1. The normalized spacial score (nSPS) is 11.7. The first-order valence-corrected chi connectivity index (χ1v) is 7.56. The quantitative estimate of drug-likeness (QED) is 0.835. The summed E-state index contributed by atoms with van der Waals surface area (Å²) in [7, 11) is 4.80. The lowest BCUT2D eigenvalue weighted by Gasteiger charge is -2.19. The van der Waals surface area contributed by atoms with Gasteiger partial charge in [-0.3, -0.25) is 0 Å². The summed E-state index contributed by atoms with van der Waals surface area (Å²) in [6, 6.07) is 7.74. The number of benzene rings is 1. The Morgan fingerprint density at radius 1 is 1.05 bits per heavy atom. The van der Waals surface area contributed by atoms with Crippen molar-refractivity contribution < 1.29 is 14.2 Å². The first kappa shape index (κ1) is 16.4. The Morgan fingerprint density at radius 3 is 2.14 bits per heavy atom. The second kappa shape index (κ2) is 7.35. The van der Waals surface area contributed by atoms with E-state index in [0.717, 1.165) is 15.9 Å². The number of hydrogen-bond acceptors (Lipinski definition) is 5. The third kappa shape index (κ3) is 3.62. The summed E-state index contributed by atoms with van der Waals surface area (Å²) in [5.74, 6) is 2.65. The molecule has 5 nitrogen and oxygen atoms in total. The zero-order valence-electron chi connectivity index (χ0n) is 13.0. The molecule has 0 aliphatic carbocycles. The second-order valence-electron chi connectivity index (χ2n) is 4.69. The Bertz CT molecular complexity index is 607. The fraction of sp³-hybridized carbons (Fsp3) is 0.312. The topological polar surface area (TPSA) is 52.6 Å². The summed E-state index contributed by atoms with van der Waals surface area (Å²) in [4.78, 5) is 4.32. The number of rotatable bonds is 6. The van der Waals surface area contributed by atoms with Crippen LogP contribution in [-0.4, -0.2) is 26.3 Å². The van der Waals surface area contributed by atoms with Gasteiger partial charge in [0.1, 0.15) is 5.82 Å². The van der Waals surface area contributed by atoms with Gasteiger partial charge in [0, 0.05) is 10.7 Å². The average molecular weight is 367 g/mol. The van der Waals surface area contributed by atoms with E-state index in [1.165, 1.54) is 0 Å². The maximum atomic E-state index is 5.38. The monoisotopic (exact) mass is 366 g/mol. The van der Waals surface area contributed by atoms with Crippen LogP contribution in [0.4, 0.5) is 5.82 Å². The van der Waals surface area contributed by atoms with E-state index in [-0.39, 0.29) is 6.04 Å². The molecule has 1 unspecified atom stereocenters. The van der Waals surface area contributed by atoms with E-state index < -0.39 is 0 Å². The van der Waals surface area contributed by atoms with E-state index in [9.17, 15) is 0 Å². The SMILES string of the molecule is COc1cc(C(C)Nc2ccc(Br)cn2)cc(OC)c1OC. The number of methoxy groups -OCH3 is 3. The number of ether oxygens (including phenoxy) is 3. The molecule has 0 bridgehead atoms. The Balaban J connectivity index is 2.28. The van der Waals surface area contributed by atoms with E-state index >= 15 is 0 Å². The highest BCUT2D eigenvalue weighted by molar-refractivity contribution is 9.10. The highest BCUT2D eigenvalue weighted by Crippen LogP contribution is 2.40. The van der Waals surface area contributed by atoms with E-state index in [1.54, 1.807) is 27.5 Å². The molecule has 1 atom stereocenters. The van der Waals surface area contributed by atoms with Crippen molar-refractivity contribution in [1.82, 2.24) is 4.98 Å². The number of pyridine rings is 1. The summed E-state index contributed by atoms with van der Waals surface area (Å²) >= 11 is 3.37. The number of nitrogens with zero attached hydrogens (tertiary/aromatic N) is 1. The van der Waals surface area contributed by atoms with E-state index in [4.69, 9.17) is 14.2 Å². The summed E-state index contributed by atoms with van der Waals surface area (Å²) in [6.07, 6.45) is 1.75. The van der Waals surface area contributed by atoms with Gasteiger partial charge < -0.3 is 19.5 Å². The molecule has 22 heavy (non-hydrogen) atoms. The zero-order chi connectivity index (χ0) is 16.1. The smallest absolute Gasteiger partial charge is 0.203 e. The van der Waals surface area contributed by atoms with Crippen LogP contribution in [0.15, 0.2) is 34.9 Å². The van der Waals surface area contributed by atoms with Gasteiger partial charge in [-0.05, 0) is 52.7 Å². The molecule has 1 heterocycles. The van der Waals surface area contributed by atoms with Crippen molar-refractivity contribution in [1.29, 1.82) is 0 Å². The maximum absolute atomic E-state index is 5.38. The van der Waals surface area contributed by atoms with Crippen LogP contribution in [0.1, 0.15) is 18.5 Å². The van der Waals surface area contributed by atoms with Crippen molar-refractivity contribution in [2.24, 2.45) is 0 Å². The first-order chi connectivity index (χ1) is 10.6. The molecule has 2 rings (SSSR count). The second-order valence-corrected chi connectivity index (χ2v) is 5.60. The largest absolute Gasteiger partial charge is 0.493 e. The molecule has 2 aromatic rings. The summed E-state index contributed by atoms with van der Waals surface area (Å²) in [6.45, 7) is 2.05. The average Bonchev–Trinajstić information content (AvgIpc) is 2.55. The van der Waals surface area contributed by atoms with Gasteiger partial charge in [0.05, 0.1) is 27.4 Å². The van der Waals surface area contributed by atoms with Crippen LogP contribution in [0.2, 0.25) is 0 Å². The molecule has 1 aromatic heterocycles. The van der Waals surface area contributed by atoms with Gasteiger partial charge in [-0.1, -0.05) is 0 Å². The Morgan fingerprint density at radius 2 is 1.68 bits per heavy atom. The minimum Gasteiger partial charge on any atom is -0.493 e. The number of anilines is 1. The predicted octanol–water partition coefficient (Wildman–Crippen LogP) is 4.04. The Hall–Kier alpha value is -1.95. The molecule has 118 valence electrons. The number of aromatic nitrogens is 1. The first-order valence-electron chi connectivity index (χ1n) is 6.77. The van der Waals surface area contributed by atoms with Crippen LogP contribution >= 0.6 is 15.9 Å². The van der Waals surface area contributed by atoms with Crippen LogP contribution < -0.4 is 19.5 Å². The lowest BCUT2D eigenvalue weighted by Crippen LogP contribution is -2.08. The molecule has 6 heteroatoms. The van der Waals surface area contributed by atoms with E-state index in [2.05, 4.69) is 26.2 Å². The third-order valence-electron chi connectivity index (χ3n) is 3.28. The molecule has 1 aromatic carbocycles. The lowest BCUT2D eigenvalue weighted by molar-refractivity contribution is 0.323. The molecule has 0 saturated carbocycles. The summed E-state index contributed by atoms with van der Waals surface area (Å²) < 4.78 is 17.0. The predicted molar refractivity (Wildman–Crippen MR) is 90.1 cm³/mol. The van der Waals surface area contributed by atoms with Gasteiger partial charge in [0.15, 0.2) is 11.5 Å². The van der Waals surface area contributed by atoms with Crippen molar-refractivity contribution in [2.45, 2.75) is 13.0 Å². The zero-order valence-corrected chi connectivity index (χ0v) is 14.6. The van der Waals surface area contributed by atoms with Gasteiger partial charge in [-0.2, -0.15) is 0 Å². The molecular weight excluding hydrogens is 348 g/mol. The highest BCUT2D eigenvalue weighted by Gasteiger charge is 2.16. The fourth-order valence-corrected chi connectivity index (χ4v) is 2.35. The van der Waals surface area contributed by atoms with Crippen molar-refractivity contribution >= 4 is 21.7 Å². The molecule has 1 N–H and O–H groups in total. The Labute approximate surface area is 138 Å². The number of halogens is 1. The molecular formula is C16H19BrN2O3. The molecule has 0 saturated heterocycles. The van der Waals surface area contributed by atoms with Gasteiger partial charge in [0.2, 0.25) is 5.75 Å². The van der Waals surface area contributed by atoms with Crippen LogP contribution in [0, 0.1) is 0 Å².